The lowest BCUT2D eigenvalue weighted by atomic mass is 9.96. The number of aromatic nitrogens is 1. The third kappa shape index (κ3) is 2.26. The van der Waals surface area contributed by atoms with Crippen LogP contribution in [-0.2, 0) is 0 Å². The van der Waals surface area contributed by atoms with Gasteiger partial charge in [-0.15, -0.1) is 0 Å². The molecule has 0 aliphatic rings. The van der Waals surface area contributed by atoms with Crippen molar-refractivity contribution in [1.29, 1.82) is 0 Å². The maximum absolute atomic E-state index is 5.90. The molecule has 0 spiro atoms. The maximum Gasteiger partial charge on any atom is 0.175 e. The summed E-state index contributed by atoms with van der Waals surface area (Å²) in [5.74, 6) is 2.12. The van der Waals surface area contributed by atoms with E-state index in [1.807, 2.05) is 0 Å². The molecule has 1 aromatic heterocycles. The van der Waals surface area contributed by atoms with E-state index in [4.69, 9.17) is 10.3 Å². The standard InChI is InChI=1S/C15H20N2O/c1-9(2)11-5-7-12(8-6-11)13-14(10(3)4)18-17-15(13)16/h5-10H,1-4H3,(H2,16,17). The van der Waals surface area contributed by atoms with E-state index in [2.05, 4.69) is 57.1 Å². The summed E-state index contributed by atoms with van der Waals surface area (Å²) in [6.45, 7) is 8.52. The van der Waals surface area contributed by atoms with Crippen LogP contribution in [0.25, 0.3) is 11.1 Å². The second-order valence-corrected chi connectivity index (χ2v) is 5.24. The molecule has 3 nitrogen and oxygen atoms in total. The van der Waals surface area contributed by atoms with Crippen molar-refractivity contribution in [3.63, 3.8) is 0 Å². The number of benzene rings is 1. The zero-order chi connectivity index (χ0) is 13.3. The third-order valence-electron chi connectivity index (χ3n) is 3.14. The summed E-state index contributed by atoms with van der Waals surface area (Å²) in [6, 6.07) is 8.45. The molecular formula is C15H20N2O. The van der Waals surface area contributed by atoms with E-state index in [0.29, 0.717) is 11.7 Å². The summed E-state index contributed by atoms with van der Waals surface area (Å²) in [5, 5.41) is 3.87. The zero-order valence-electron chi connectivity index (χ0n) is 11.4. The first-order valence-electron chi connectivity index (χ1n) is 6.36. The predicted molar refractivity (Wildman–Crippen MR) is 74.5 cm³/mol. The van der Waals surface area contributed by atoms with Crippen molar-refractivity contribution < 1.29 is 4.52 Å². The highest BCUT2D eigenvalue weighted by Crippen LogP contribution is 2.34. The molecule has 0 aliphatic carbocycles. The molecule has 0 amide bonds. The highest BCUT2D eigenvalue weighted by molar-refractivity contribution is 5.76. The molecule has 1 heterocycles. The van der Waals surface area contributed by atoms with E-state index in [1.165, 1.54) is 5.56 Å². The third-order valence-corrected chi connectivity index (χ3v) is 3.14. The van der Waals surface area contributed by atoms with Gasteiger partial charge in [0.05, 0.1) is 5.56 Å². The van der Waals surface area contributed by atoms with Gasteiger partial charge in [-0.3, -0.25) is 0 Å². The van der Waals surface area contributed by atoms with E-state index in [1.54, 1.807) is 0 Å². The van der Waals surface area contributed by atoms with Gasteiger partial charge in [0.1, 0.15) is 5.76 Å². The van der Waals surface area contributed by atoms with Crippen molar-refractivity contribution >= 4 is 5.82 Å². The van der Waals surface area contributed by atoms with Crippen LogP contribution in [0.1, 0.15) is 50.9 Å². The molecule has 0 saturated carbocycles. The van der Waals surface area contributed by atoms with Gasteiger partial charge >= 0.3 is 0 Å². The first-order valence-corrected chi connectivity index (χ1v) is 6.36. The van der Waals surface area contributed by atoms with E-state index in [9.17, 15) is 0 Å². The second kappa shape index (κ2) is 4.84. The fraction of sp³-hybridized carbons (Fsp3) is 0.400. The number of nitrogens with zero attached hydrogens (tertiary/aromatic N) is 1. The SMILES string of the molecule is CC(C)c1ccc(-c2c(N)noc2C(C)C)cc1. The van der Waals surface area contributed by atoms with E-state index >= 15 is 0 Å². The largest absolute Gasteiger partial charge is 0.380 e. The van der Waals surface area contributed by atoms with Crippen molar-refractivity contribution in [2.24, 2.45) is 0 Å². The van der Waals surface area contributed by atoms with Gasteiger partial charge in [-0.25, -0.2) is 0 Å². The Morgan fingerprint density at radius 2 is 1.61 bits per heavy atom. The summed E-state index contributed by atoms with van der Waals surface area (Å²) in [6.07, 6.45) is 0. The molecule has 0 aliphatic heterocycles. The van der Waals surface area contributed by atoms with Crippen LogP contribution in [-0.4, -0.2) is 5.16 Å². The lowest BCUT2D eigenvalue weighted by molar-refractivity contribution is 0.374. The van der Waals surface area contributed by atoms with Crippen LogP contribution >= 0.6 is 0 Å². The molecule has 96 valence electrons. The Kier molecular flexibility index (Phi) is 3.41. The van der Waals surface area contributed by atoms with Gasteiger partial charge in [-0.2, -0.15) is 0 Å². The number of rotatable bonds is 3. The van der Waals surface area contributed by atoms with Crippen molar-refractivity contribution in [2.45, 2.75) is 39.5 Å². The highest BCUT2D eigenvalue weighted by Gasteiger charge is 2.18. The second-order valence-electron chi connectivity index (χ2n) is 5.24. The number of anilines is 1. The Balaban J connectivity index is 2.45. The van der Waals surface area contributed by atoms with Gasteiger partial charge in [-0.05, 0) is 17.0 Å². The smallest absolute Gasteiger partial charge is 0.175 e. The minimum Gasteiger partial charge on any atom is -0.380 e. The van der Waals surface area contributed by atoms with E-state index in [-0.39, 0.29) is 5.92 Å². The molecule has 2 aromatic rings. The number of nitrogen functional groups attached to an aromatic ring is 1. The molecule has 0 bridgehead atoms. The first kappa shape index (κ1) is 12.7. The lowest BCUT2D eigenvalue weighted by Gasteiger charge is -2.08. The summed E-state index contributed by atoms with van der Waals surface area (Å²) in [4.78, 5) is 0. The van der Waals surface area contributed by atoms with Crippen LogP contribution in [0.15, 0.2) is 28.8 Å². The molecule has 18 heavy (non-hydrogen) atoms. The molecule has 0 fully saturated rings. The van der Waals surface area contributed by atoms with E-state index < -0.39 is 0 Å². The van der Waals surface area contributed by atoms with Gasteiger partial charge in [-0.1, -0.05) is 57.1 Å². The molecule has 0 saturated heterocycles. The minimum absolute atomic E-state index is 0.273. The average molecular weight is 244 g/mol. The summed E-state index contributed by atoms with van der Waals surface area (Å²) < 4.78 is 5.31. The van der Waals surface area contributed by atoms with Gasteiger partial charge in [0.25, 0.3) is 0 Å². The molecule has 0 atom stereocenters. The Hall–Kier alpha value is -1.77. The Labute approximate surface area is 108 Å². The van der Waals surface area contributed by atoms with Gasteiger partial charge in [0.15, 0.2) is 5.82 Å². The molecular weight excluding hydrogens is 224 g/mol. The van der Waals surface area contributed by atoms with E-state index in [0.717, 1.165) is 16.9 Å². The average Bonchev–Trinajstić information content (AvgIpc) is 2.71. The van der Waals surface area contributed by atoms with Crippen LogP contribution < -0.4 is 5.73 Å². The molecule has 0 unspecified atom stereocenters. The Morgan fingerprint density at radius 1 is 1.00 bits per heavy atom. The fourth-order valence-corrected chi connectivity index (χ4v) is 2.03. The first-order chi connectivity index (χ1) is 8.50. The number of hydrogen-bond donors (Lipinski definition) is 1. The predicted octanol–water partition coefficient (Wildman–Crippen LogP) is 4.17. The zero-order valence-corrected chi connectivity index (χ0v) is 11.4. The molecule has 0 radical (unpaired) electrons. The Morgan fingerprint density at radius 3 is 2.11 bits per heavy atom. The Bertz CT molecular complexity index is 524. The topological polar surface area (TPSA) is 52.0 Å². The lowest BCUT2D eigenvalue weighted by Crippen LogP contribution is -1.93. The monoisotopic (exact) mass is 244 g/mol. The summed E-state index contributed by atoms with van der Waals surface area (Å²) in [7, 11) is 0. The van der Waals surface area contributed by atoms with Crippen LogP contribution in [0.4, 0.5) is 5.82 Å². The minimum atomic E-state index is 0.273. The van der Waals surface area contributed by atoms with Gasteiger partial charge < -0.3 is 10.3 Å². The van der Waals surface area contributed by atoms with Crippen LogP contribution in [0.5, 0.6) is 0 Å². The van der Waals surface area contributed by atoms with Gasteiger partial charge in [0.2, 0.25) is 0 Å². The number of hydrogen-bond acceptors (Lipinski definition) is 3. The normalized spacial score (nSPS) is 11.4. The molecule has 2 N–H and O–H groups in total. The van der Waals surface area contributed by atoms with Crippen molar-refractivity contribution in [2.75, 3.05) is 5.73 Å². The van der Waals surface area contributed by atoms with Crippen LogP contribution in [0, 0.1) is 0 Å². The van der Waals surface area contributed by atoms with Gasteiger partial charge in [0, 0.05) is 5.92 Å². The molecule has 2 rings (SSSR count). The van der Waals surface area contributed by atoms with Crippen LogP contribution in [0.3, 0.4) is 0 Å². The van der Waals surface area contributed by atoms with Crippen LogP contribution in [0.2, 0.25) is 0 Å². The summed E-state index contributed by atoms with van der Waals surface area (Å²) >= 11 is 0. The quantitative estimate of drug-likeness (QED) is 0.881. The highest BCUT2D eigenvalue weighted by atomic mass is 16.5. The summed E-state index contributed by atoms with van der Waals surface area (Å²) in [5.41, 5.74) is 9.23. The van der Waals surface area contributed by atoms with Crippen molar-refractivity contribution in [1.82, 2.24) is 5.16 Å². The number of nitrogens with two attached hydrogens (primary N) is 1. The van der Waals surface area contributed by atoms with Crippen molar-refractivity contribution in [3.8, 4) is 11.1 Å². The maximum atomic E-state index is 5.90. The fourth-order valence-electron chi connectivity index (χ4n) is 2.03. The molecule has 1 aromatic carbocycles. The van der Waals surface area contributed by atoms with Crippen molar-refractivity contribution in [3.05, 3.63) is 35.6 Å². The molecule has 3 heteroatoms.